The lowest BCUT2D eigenvalue weighted by atomic mass is 10.2. The van der Waals surface area contributed by atoms with Crippen LogP contribution in [0.4, 0.5) is 15.8 Å². The molecule has 2 aromatic rings. The van der Waals surface area contributed by atoms with Crippen LogP contribution in [0.15, 0.2) is 48.5 Å². The zero-order chi connectivity index (χ0) is 22.2. The minimum Gasteiger partial charge on any atom is -0.497 e. The molecule has 0 unspecified atom stereocenters. The average molecular weight is 429 g/mol. The van der Waals surface area contributed by atoms with Gasteiger partial charge in [0.1, 0.15) is 11.6 Å². The molecule has 1 fully saturated rings. The van der Waals surface area contributed by atoms with E-state index in [-0.39, 0.29) is 30.7 Å². The molecule has 0 saturated carbocycles. The molecular weight excluding hydrogens is 399 g/mol. The maximum Gasteiger partial charge on any atom is 0.243 e. The van der Waals surface area contributed by atoms with Gasteiger partial charge < -0.3 is 19.9 Å². The lowest BCUT2D eigenvalue weighted by molar-refractivity contribution is -0.134. The first-order valence-corrected chi connectivity index (χ1v) is 10.4. The number of hydrogen-bond acceptors (Lipinski definition) is 5. The number of rotatable bonds is 7. The highest BCUT2D eigenvalue weighted by Crippen LogP contribution is 2.18. The standard InChI is InChI=1S/C23H29FN4O3/c1-26(16-22(29)25-19-5-3-6-21(15-19)31-2)23(30)17-27-11-4-12-28(14-13-27)20-9-7-18(24)8-10-20/h3,5-10,15H,4,11-14,16-17H2,1-2H3,(H,25,29). The van der Waals surface area contributed by atoms with Gasteiger partial charge in [-0.05, 0) is 42.8 Å². The Hall–Kier alpha value is -3.13. The third-order valence-electron chi connectivity index (χ3n) is 5.30. The van der Waals surface area contributed by atoms with E-state index in [1.54, 1.807) is 50.6 Å². The molecule has 7 nitrogen and oxygen atoms in total. The van der Waals surface area contributed by atoms with Crippen molar-refractivity contribution in [2.75, 3.05) is 63.6 Å². The van der Waals surface area contributed by atoms with E-state index < -0.39 is 0 Å². The molecule has 3 rings (SSSR count). The van der Waals surface area contributed by atoms with E-state index in [1.807, 2.05) is 0 Å². The predicted octanol–water partition coefficient (Wildman–Crippen LogP) is 2.44. The van der Waals surface area contributed by atoms with Crippen molar-refractivity contribution in [2.24, 2.45) is 0 Å². The smallest absolute Gasteiger partial charge is 0.243 e. The van der Waals surface area contributed by atoms with E-state index in [9.17, 15) is 14.0 Å². The number of halogens is 1. The Morgan fingerprint density at radius 1 is 1.10 bits per heavy atom. The van der Waals surface area contributed by atoms with Gasteiger partial charge in [0.2, 0.25) is 11.8 Å². The molecule has 8 heteroatoms. The largest absolute Gasteiger partial charge is 0.497 e. The van der Waals surface area contributed by atoms with Crippen LogP contribution in [0.25, 0.3) is 0 Å². The molecule has 0 aromatic heterocycles. The van der Waals surface area contributed by atoms with E-state index in [1.165, 1.54) is 17.0 Å². The van der Waals surface area contributed by atoms with Crippen molar-refractivity contribution >= 4 is 23.2 Å². The molecular formula is C23H29FN4O3. The van der Waals surface area contributed by atoms with E-state index >= 15 is 0 Å². The summed E-state index contributed by atoms with van der Waals surface area (Å²) in [6.07, 6.45) is 0.907. The number of ether oxygens (including phenoxy) is 1. The molecule has 1 aliphatic rings. The molecule has 0 bridgehead atoms. The molecule has 1 saturated heterocycles. The lowest BCUT2D eigenvalue weighted by Gasteiger charge is -2.25. The molecule has 166 valence electrons. The summed E-state index contributed by atoms with van der Waals surface area (Å²) < 4.78 is 18.3. The molecule has 1 aliphatic heterocycles. The number of carbonyl (C=O) groups excluding carboxylic acids is 2. The highest BCUT2D eigenvalue weighted by Gasteiger charge is 2.20. The van der Waals surface area contributed by atoms with Gasteiger partial charge >= 0.3 is 0 Å². The molecule has 0 spiro atoms. The van der Waals surface area contributed by atoms with Gasteiger partial charge in [-0.15, -0.1) is 0 Å². The number of anilines is 2. The fourth-order valence-corrected chi connectivity index (χ4v) is 3.56. The van der Waals surface area contributed by atoms with E-state index in [2.05, 4.69) is 15.1 Å². The van der Waals surface area contributed by atoms with Crippen LogP contribution in [0, 0.1) is 5.82 Å². The fourth-order valence-electron chi connectivity index (χ4n) is 3.56. The number of nitrogens with one attached hydrogen (secondary N) is 1. The van der Waals surface area contributed by atoms with E-state index in [0.717, 1.165) is 38.3 Å². The van der Waals surface area contributed by atoms with Crippen LogP contribution in [0.2, 0.25) is 0 Å². The van der Waals surface area contributed by atoms with Crippen LogP contribution < -0.4 is 15.0 Å². The predicted molar refractivity (Wildman–Crippen MR) is 119 cm³/mol. The van der Waals surface area contributed by atoms with Crippen molar-refractivity contribution < 1.29 is 18.7 Å². The third kappa shape index (κ3) is 6.68. The summed E-state index contributed by atoms with van der Waals surface area (Å²) in [6, 6.07) is 13.6. The van der Waals surface area contributed by atoms with Crippen molar-refractivity contribution in [3.63, 3.8) is 0 Å². The Labute approximate surface area is 182 Å². The number of hydrogen-bond donors (Lipinski definition) is 1. The molecule has 2 aromatic carbocycles. The van der Waals surface area contributed by atoms with E-state index in [4.69, 9.17) is 4.74 Å². The Kier molecular flexibility index (Phi) is 7.83. The Morgan fingerprint density at radius 2 is 1.87 bits per heavy atom. The van der Waals surface area contributed by atoms with E-state index in [0.29, 0.717) is 11.4 Å². The van der Waals surface area contributed by atoms with Crippen LogP contribution in [0.5, 0.6) is 5.75 Å². The van der Waals surface area contributed by atoms with Gasteiger partial charge in [-0.1, -0.05) is 6.07 Å². The van der Waals surface area contributed by atoms with Crippen LogP contribution in [0.3, 0.4) is 0 Å². The van der Waals surface area contributed by atoms with Crippen molar-refractivity contribution in [3.05, 3.63) is 54.3 Å². The minimum atomic E-state index is -0.262. The lowest BCUT2D eigenvalue weighted by Crippen LogP contribution is -2.42. The number of nitrogens with zero attached hydrogens (tertiary/aromatic N) is 3. The summed E-state index contributed by atoms with van der Waals surface area (Å²) in [5, 5.41) is 2.78. The molecule has 0 radical (unpaired) electrons. The van der Waals surface area contributed by atoms with Gasteiger partial charge in [-0.2, -0.15) is 0 Å². The Balaban J connectivity index is 1.46. The monoisotopic (exact) mass is 428 g/mol. The minimum absolute atomic E-state index is 0.0222. The van der Waals surface area contributed by atoms with Crippen LogP contribution in [-0.4, -0.2) is 75.0 Å². The summed E-state index contributed by atoms with van der Waals surface area (Å²) in [7, 11) is 3.20. The zero-order valence-corrected chi connectivity index (χ0v) is 18.0. The zero-order valence-electron chi connectivity index (χ0n) is 18.0. The maximum atomic E-state index is 13.2. The molecule has 31 heavy (non-hydrogen) atoms. The second kappa shape index (κ2) is 10.8. The SMILES string of the molecule is COc1cccc(NC(=O)CN(C)C(=O)CN2CCCN(c3ccc(F)cc3)CC2)c1. The molecule has 1 N–H and O–H groups in total. The van der Waals surface area contributed by atoms with Crippen molar-refractivity contribution in [2.45, 2.75) is 6.42 Å². The van der Waals surface area contributed by atoms with Crippen molar-refractivity contribution in [1.82, 2.24) is 9.80 Å². The van der Waals surface area contributed by atoms with Gasteiger partial charge in [0.15, 0.2) is 0 Å². The van der Waals surface area contributed by atoms with Crippen molar-refractivity contribution in [1.29, 1.82) is 0 Å². The highest BCUT2D eigenvalue weighted by molar-refractivity contribution is 5.94. The van der Waals surface area contributed by atoms with Crippen molar-refractivity contribution in [3.8, 4) is 5.75 Å². The number of methoxy groups -OCH3 is 1. The fraction of sp³-hybridized carbons (Fsp3) is 0.391. The second-order valence-electron chi connectivity index (χ2n) is 7.62. The highest BCUT2D eigenvalue weighted by atomic mass is 19.1. The molecule has 2 amide bonds. The maximum absolute atomic E-state index is 13.2. The first-order chi connectivity index (χ1) is 14.9. The number of amides is 2. The molecule has 1 heterocycles. The normalized spacial score (nSPS) is 14.6. The summed E-state index contributed by atoms with van der Waals surface area (Å²) in [6.45, 7) is 3.39. The topological polar surface area (TPSA) is 65.1 Å². The average Bonchev–Trinajstić information content (AvgIpc) is 3.00. The van der Waals surface area contributed by atoms with Gasteiger partial charge in [0, 0.05) is 50.7 Å². The van der Waals surface area contributed by atoms with Gasteiger partial charge in [-0.3, -0.25) is 14.5 Å². The first-order valence-electron chi connectivity index (χ1n) is 10.4. The Bertz CT molecular complexity index is 891. The summed E-state index contributed by atoms with van der Waals surface area (Å²) in [5.74, 6) is 0.0424. The quantitative estimate of drug-likeness (QED) is 0.734. The van der Waals surface area contributed by atoms with Crippen LogP contribution in [-0.2, 0) is 9.59 Å². The van der Waals surface area contributed by atoms with Gasteiger partial charge in [-0.25, -0.2) is 4.39 Å². The summed E-state index contributed by atoms with van der Waals surface area (Å²) in [5.41, 5.74) is 1.61. The van der Waals surface area contributed by atoms with Crippen LogP contribution in [0.1, 0.15) is 6.42 Å². The number of carbonyl (C=O) groups is 2. The third-order valence-corrected chi connectivity index (χ3v) is 5.30. The van der Waals surface area contributed by atoms with Gasteiger partial charge in [0.05, 0.1) is 20.2 Å². The Morgan fingerprint density at radius 3 is 2.61 bits per heavy atom. The number of likely N-dealkylation sites (N-methyl/N-ethyl adjacent to an activating group) is 1. The molecule has 0 aliphatic carbocycles. The van der Waals surface area contributed by atoms with Crippen LogP contribution >= 0.6 is 0 Å². The summed E-state index contributed by atoms with van der Waals surface area (Å²) in [4.78, 5) is 30.7. The van der Waals surface area contributed by atoms with Gasteiger partial charge in [0.25, 0.3) is 0 Å². The second-order valence-corrected chi connectivity index (χ2v) is 7.62. The summed E-state index contributed by atoms with van der Waals surface area (Å²) >= 11 is 0. The molecule has 0 atom stereocenters. The number of benzene rings is 2. The first kappa shape index (κ1) is 22.6.